The minimum atomic E-state index is 0.276. The van der Waals surface area contributed by atoms with Crippen LogP contribution in [-0.4, -0.2) is 20.1 Å². The predicted molar refractivity (Wildman–Crippen MR) is 123 cm³/mol. The van der Waals surface area contributed by atoms with Crippen LogP contribution < -0.4 is 23.8 Å². The van der Waals surface area contributed by atoms with E-state index in [0.717, 1.165) is 47.9 Å². The lowest BCUT2D eigenvalue weighted by atomic mass is 9.89. The molecule has 3 heterocycles. The maximum Gasteiger partial charge on any atom is 0.231 e. The minimum Gasteiger partial charge on any atom is -0.454 e. The van der Waals surface area contributed by atoms with Gasteiger partial charge in [0.1, 0.15) is 0 Å². The summed E-state index contributed by atoms with van der Waals surface area (Å²) in [6.45, 7) is 2.23. The van der Waals surface area contributed by atoms with Crippen molar-refractivity contribution in [2.75, 3.05) is 25.0 Å². The van der Waals surface area contributed by atoms with Crippen molar-refractivity contribution in [1.29, 1.82) is 0 Å². The summed E-state index contributed by atoms with van der Waals surface area (Å²) < 4.78 is 22.9. The smallest absolute Gasteiger partial charge is 0.231 e. The summed E-state index contributed by atoms with van der Waals surface area (Å²) in [7, 11) is 0. The highest BCUT2D eigenvalue weighted by Crippen LogP contribution is 2.51. The van der Waals surface area contributed by atoms with Gasteiger partial charge in [0.15, 0.2) is 23.0 Å². The standard InChI is InChI=1S/C27H21NO4/c1-2-4-17(5-3-1)10-11-28-14-22-19(8-9-23-27(22)32-16-29-23)20-7-6-18-12-24-25(31-15-30-24)13-21(18)26(20)28/h1-9,12-13H,10-11,14-16H2. The summed E-state index contributed by atoms with van der Waals surface area (Å²) in [5, 5.41) is 2.34. The van der Waals surface area contributed by atoms with Crippen LogP contribution in [0.2, 0.25) is 0 Å². The molecule has 0 atom stereocenters. The molecule has 5 nitrogen and oxygen atoms in total. The molecule has 0 spiro atoms. The van der Waals surface area contributed by atoms with Crippen LogP contribution in [0.4, 0.5) is 5.69 Å². The Labute approximate surface area is 185 Å². The van der Waals surface area contributed by atoms with Crippen LogP contribution in [-0.2, 0) is 13.0 Å². The van der Waals surface area contributed by atoms with Crippen molar-refractivity contribution in [3.8, 4) is 34.1 Å². The van der Waals surface area contributed by atoms with Gasteiger partial charge >= 0.3 is 0 Å². The summed E-state index contributed by atoms with van der Waals surface area (Å²) >= 11 is 0. The van der Waals surface area contributed by atoms with Gasteiger partial charge in [-0.15, -0.1) is 0 Å². The first-order valence-electron chi connectivity index (χ1n) is 10.9. The topological polar surface area (TPSA) is 40.2 Å². The molecular formula is C27H21NO4. The third-order valence-electron chi connectivity index (χ3n) is 6.60. The normalized spacial score (nSPS) is 15.1. The van der Waals surface area contributed by atoms with Crippen LogP contribution in [0.25, 0.3) is 21.9 Å². The maximum absolute atomic E-state index is 5.89. The Morgan fingerprint density at radius 2 is 1.50 bits per heavy atom. The van der Waals surface area contributed by atoms with Crippen LogP contribution in [0, 0.1) is 0 Å². The van der Waals surface area contributed by atoms with Crippen LogP contribution in [0.5, 0.6) is 23.0 Å². The number of ether oxygens (including phenoxy) is 4. The lowest BCUT2D eigenvalue weighted by Crippen LogP contribution is -2.29. The molecule has 4 aromatic rings. The molecule has 3 aliphatic heterocycles. The maximum atomic E-state index is 5.89. The molecule has 158 valence electrons. The number of fused-ring (bicyclic) bond motifs is 8. The Balaban J connectivity index is 1.41. The van der Waals surface area contributed by atoms with E-state index in [9.17, 15) is 0 Å². The van der Waals surface area contributed by atoms with Gasteiger partial charge in [0, 0.05) is 29.6 Å². The first kappa shape index (κ1) is 17.8. The molecule has 0 saturated heterocycles. The molecule has 5 heteroatoms. The fourth-order valence-electron chi connectivity index (χ4n) is 5.06. The van der Waals surface area contributed by atoms with Crippen LogP contribution in [0.15, 0.2) is 66.7 Å². The van der Waals surface area contributed by atoms with E-state index in [4.69, 9.17) is 18.9 Å². The van der Waals surface area contributed by atoms with Gasteiger partial charge in [-0.25, -0.2) is 0 Å². The van der Waals surface area contributed by atoms with Gasteiger partial charge < -0.3 is 23.8 Å². The van der Waals surface area contributed by atoms with Gasteiger partial charge in [-0.05, 0) is 47.2 Å². The molecule has 0 aromatic heterocycles. The Bertz CT molecular complexity index is 1370. The van der Waals surface area contributed by atoms with E-state index < -0.39 is 0 Å². The molecule has 0 bridgehead atoms. The predicted octanol–water partition coefficient (Wildman–Crippen LogP) is 5.53. The molecule has 0 saturated carbocycles. The Kier molecular flexibility index (Phi) is 3.79. The van der Waals surface area contributed by atoms with Crippen molar-refractivity contribution < 1.29 is 18.9 Å². The highest BCUT2D eigenvalue weighted by molar-refractivity contribution is 6.05. The van der Waals surface area contributed by atoms with Crippen molar-refractivity contribution in [2.24, 2.45) is 0 Å². The van der Waals surface area contributed by atoms with Crippen molar-refractivity contribution in [1.82, 2.24) is 0 Å². The number of nitrogens with zero attached hydrogens (tertiary/aromatic N) is 1. The second kappa shape index (κ2) is 6.82. The van der Waals surface area contributed by atoms with Gasteiger partial charge in [-0.3, -0.25) is 0 Å². The average molecular weight is 423 g/mol. The van der Waals surface area contributed by atoms with Gasteiger partial charge in [0.25, 0.3) is 0 Å². The number of hydrogen-bond acceptors (Lipinski definition) is 5. The quantitative estimate of drug-likeness (QED) is 0.434. The molecule has 0 amide bonds. The summed E-state index contributed by atoms with van der Waals surface area (Å²) in [6, 6.07) is 23.4. The lowest BCUT2D eigenvalue weighted by Gasteiger charge is -2.34. The lowest BCUT2D eigenvalue weighted by molar-refractivity contribution is 0.173. The molecule has 0 N–H and O–H groups in total. The second-order valence-electron chi connectivity index (χ2n) is 8.37. The zero-order valence-corrected chi connectivity index (χ0v) is 17.5. The summed E-state index contributed by atoms with van der Waals surface area (Å²) in [4.78, 5) is 2.47. The van der Waals surface area contributed by atoms with Gasteiger partial charge in [-0.1, -0.05) is 42.5 Å². The van der Waals surface area contributed by atoms with Crippen molar-refractivity contribution in [3.63, 3.8) is 0 Å². The van der Waals surface area contributed by atoms with E-state index in [1.165, 1.54) is 33.3 Å². The molecule has 0 unspecified atom stereocenters. The number of hydrogen-bond donors (Lipinski definition) is 0. The second-order valence-corrected chi connectivity index (χ2v) is 8.37. The SMILES string of the molecule is c1ccc(CCN2Cc3c(ccc4c3OCO4)-c3ccc4cc5c(cc4c32)OCO5)cc1. The van der Waals surface area contributed by atoms with Crippen LogP contribution >= 0.6 is 0 Å². The Morgan fingerprint density at radius 1 is 0.719 bits per heavy atom. The van der Waals surface area contributed by atoms with Crippen molar-refractivity contribution >= 4 is 16.5 Å². The van der Waals surface area contributed by atoms with Crippen LogP contribution in [0.3, 0.4) is 0 Å². The van der Waals surface area contributed by atoms with Gasteiger partial charge in [0.05, 0.1) is 5.69 Å². The summed E-state index contributed by atoms with van der Waals surface area (Å²) in [5.41, 5.74) is 6.18. The van der Waals surface area contributed by atoms with E-state index in [1.54, 1.807) is 0 Å². The molecule has 3 aliphatic rings. The van der Waals surface area contributed by atoms with E-state index in [0.29, 0.717) is 0 Å². The molecule has 0 radical (unpaired) electrons. The third kappa shape index (κ3) is 2.64. The zero-order valence-electron chi connectivity index (χ0n) is 17.5. The zero-order chi connectivity index (χ0) is 21.1. The monoisotopic (exact) mass is 423 g/mol. The van der Waals surface area contributed by atoms with Gasteiger partial charge in [-0.2, -0.15) is 0 Å². The van der Waals surface area contributed by atoms with Crippen molar-refractivity contribution in [2.45, 2.75) is 13.0 Å². The molecular weight excluding hydrogens is 402 g/mol. The third-order valence-corrected chi connectivity index (χ3v) is 6.60. The highest BCUT2D eigenvalue weighted by Gasteiger charge is 2.30. The highest BCUT2D eigenvalue weighted by atomic mass is 16.7. The van der Waals surface area contributed by atoms with E-state index in [1.807, 2.05) is 6.07 Å². The molecule has 7 rings (SSSR count). The van der Waals surface area contributed by atoms with Gasteiger partial charge in [0.2, 0.25) is 13.6 Å². The minimum absolute atomic E-state index is 0.276. The number of rotatable bonds is 3. The Morgan fingerprint density at radius 3 is 2.41 bits per heavy atom. The largest absolute Gasteiger partial charge is 0.454 e. The first-order valence-corrected chi connectivity index (χ1v) is 10.9. The molecule has 0 fully saturated rings. The number of anilines is 1. The molecule has 4 aromatic carbocycles. The van der Waals surface area contributed by atoms with E-state index in [-0.39, 0.29) is 13.6 Å². The summed E-state index contributed by atoms with van der Waals surface area (Å²) in [6.07, 6.45) is 0.961. The van der Waals surface area contributed by atoms with E-state index >= 15 is 0 Å². The fraction of sp³-hybridized carbons (Fsp3) is 0.185. The Hall–Kier alpha value is -3.86. The van der Waals surface area contributed by atoms with E-state index in [2.05, 4.69) is 65.6 Å². The number of benzene rings is 4. The average Bonchev–Trinajstić information content (AvgIpc) is 3.50. The van der Waals surface area contributed by atoms with Crippen LogP contribution in [0.1, 0.15) is 11.1 Å². The first-order chi connectivity index (χ1) is 15.8. The molecule has 32 heavy (non-hydrogen) atoms. The molecule has 0 aliphatic carbocycles. The summed E-state index contributed by atoms with van der Waals surface area (Å²) in [5.74, 6) is 3.33. The van der Waals surface area contributed by atoms with Crippen molar-refractivity contribution in [3.05, 3.63) is 77.9 Å². The fourth-order valence-corrected chi connectivity index (χ4v) is 5.06.